The van der Waals surface area contributed by atoms with Crippen LogP contribution in [0.4, 0.5) is 0 Å². The summed E-state index contributed by atoms with van der Waals surface area (Å²) in [5.41, 5.74) is 0.802. The fourth-order valence-corrected chi connectivity index (χ4v) is 3.05. The molecular formula is C10H18. The normalized spacial score (nSPS) is 52.2. The second-order valence-electron chi connectivity index (χ2n) is 4.69. The van der Waals surface area contributed by atoms with Crippen molar-refractivity contribution in [2.75, 3.05) is 0 Å². The molecule has 3 rings (SSSR count). The molecule has 0 heteroatoms. The van der Waals surface area contributed by atoms with Crippen LogP contribution in [0.1, 0.15) is 46.0 Å². The van der Waals surface area contributed by atoms with E-state index in [1.165, 1.54) is 19.3 Å². The quantitative estimate of drug-likeness (QED) is 0.522. The third-order valence-electron chi connectivity index (χ3n) is 3.82. The molecule has 10 heavy (non-hydrogen) atoms. The fraction of sp³-hybridized carbons (Fsp3) is 1.00. The highest BCUT2D eigenvalue weighted by Gasteiger charge is 2.47. The van der Waals surface area contributed by atoms with Gasteiger partial charge in [0.15, 0.2) is 0 Å². The SMILES string of the molecule is CCC1CCC2(C)CC1C2. The number of hydrogen-bond acceptors (Lipinski definition) is 0. The van der Waals surface area contributed by atoms with E-state index in [-0.39, 0.29) is 0 Å². The third kappa shape index (κ3) is 0.810. The average molecular weight is 138 g/mol. The summed E-state index contributed by atoms with van der Waals surface area (Å²) < 4.78 is 0. The van der Waals surface area contributed by atoms with E-state index < -0.39 is 0 Å². The van der Waals surface area contributed by atoms with Crippen LogP contribution < -0.4 is 0 Å². The highest BCUT2D eigenvalue weighted by molar-refractivity contribution is 4.97. The number of fused-ring (bicyclic) bond motifs is 2. The summed E-state index contributed by atoms with van der Waals surface area (Å²) >= 11 is 0. The Morgan fingerprint density at radius 3 is 2.50 bits per heavy atom. The highest BCUT2D eigenvalue weighted by Crippen LogP contribution is 2.58. The van der Waals surface area contributed by atoms with Crippen LogP contribution in [0.3, 0.4) is 0 Å². The highest BCUT2D eigenvalue weighted by atomic mass is 14.5. The summed E-state index contributed by atoms with van der Waals surface area (Å²) in [4.78, 5) is 0. The Balaban J connectivity index is 1.98. The van der Waals surface area contributed by atoms with Gasteiger partial charge in [-0.25, -0.2) is 0 Å². The smallest absolute Gasteiger partial charge is 0.0320 e. The summed E-state index contributed by atoms with van der Waals surface area (Å²) in [6, 6.07) is 0. The summed E-state index contributed by atoms with van der Waals surface area (Å²) in [6.07, 6.45) is 7.57. The molecule has 0 radical (unpaired) electrons. The number of rotatable bonds is 1. The zero-order valence-electron chi connectivity index (χ0n) is 7.19. The van der Waals surface area contributed by atoms with Gasteiger partial charge in [0.1, 0.15) is 0 Å². The predicted octanol–water partition coefficient (Wildman–Crippen LogP) is 3.22. The van der Waals surface area contributed by atoms with Crippen LogP contribution in [0.2, 0.25) is 0 Å². The van der Waals surface area contributed by atoms with Crippen molar-refractivity contribution in [1.82, 2.24) is 0 Å². The summed E-state index contributed by atoms with van der Waals surface area (Å²) in [7, 11) is 0. The summed E-state index contributed by atoms with van der Waals surface area (Å²) in [5.74, 6) is 2.23. The maximum Gasteiger partial charge on any atom is -0.0320 e. The molecule has 0 aliphatic heterocycles. The zero-order valence-corrected chi connectivity index (χ0v) is 7.19. The van der Waals surface area contributed by atoms with E-state index in [4.69, 9.17) is 0 Å². The minimum atomic E-state index is 0.802. The lowest BCUT2D eigenvalue weighted by molar-refractivity contribution is -0.0343. The van der Waals surface area contributed by atoms with Gasteiger partial charge >= 0.3 is 0 Å². The Hall–Kier alpha value is 0. The first-order valence-electron chi connectivity index (χ1n) is 4.73. The van der Waals surface area contributed by atoms with Gasteiger partial charge < -0.3 is 0 Å². The van der Waals surface area contributed by atoms with Crippen molar-refractivity contribution >= 4 is 0 Å². The molecule has 0 amide bonds. The van der Waals surface area contributed by atoms with Crippen molar-refractivity contribution in [3.05, 3.63) is 0 Å². The Bertz CT molecular complexity index is 125. The molecule has 3 aliphatic rings. The van der Waals surface area contributed by atoms with Gasteiger partial charge in [0.05, 0.1) is 0 Å². The lowest BCUT2D eigenvalue weighted by atomic mass is 9.51. The van der Waals surface area contributed by atoms with Gasteiger partial charge in [0.2, 0.25) is 0 Å². The van der Waals surface area contributed by atoms with Gasteiger partial charge in [0, 0.05) is 0 Å². The standard InChI is InChI=1S/C10H18/c1-3-8-4-5-10(2)6-9(8)7-10/h8-9H,3-7H2,1-2H3. The molecule has 2 bridgehead atoms. The minimum absolute atomic E-state index is 0.802. The van der Waals surface area contributed by atoms with E-state index in [9.17, 15) is 0 Å². The molecule has 0 aromatic heterocycles. The van der Waals surface area contributed by atoms with Crippen LogP contribution in [0.15, 0.2) is 0 Å². The van der Waals surface area contributed by atoms with Crippen molar-refractivity contribution in [3.63, 3.8) is 0 Å². The van der Waals surface area contributed by atoms with Crippen LogP contribution in [0.25, 0.3) is 0 Å². The zero-order chi connectivity index (χ0) is 7.19. The lowest BCUT2D eigenvalue weighted by Gasteiger charge is -2.54. The van der Waals surface area contributed by atoms with Gasteiger partial charge in [-0.2, -0.15) is 0 Å². The van der Waals surface area contributed by atoms with Crippen molar-refractivity contribution in [2.24, 2.45) is 17.3 Å². The van der Waals surface area contributed by atoms with Crippen molar-refractivity contribution < 1.29 is 0 Å². The maximum absolute atomic E-state index is 2.47. The second-order valence-corrected chi connectivity index (χ2v) is 4.69. The van der Waals surface area contributed by atoms with E-state index >= 15 is 0 Å². The molecular weight excluding hydrogens is 120 g/mol. The molecule has 1 unspecified atom stereocenters. The molecule has 0 saturated heterocycles. The molecule has 3 fully saturated rings. The van der Waals surface area contributed by atoms with Crippen LogP contribution in [0.5, 0.6) is 0 Å². The average Bonchev–Trinajstić information content (AvgIpc) is 1.86. The Morgan fingerprint density at radius 1 is 1.40 bits per heavy atom. The number of hydrogen-bond donors (Lipinski definition) is 0. The second kappa shape index (κ2) is 1.99. The van der Waals surface area contributed by atoms with E-state index in [1.54, 1.807) is 12.8 Å². The molecule has 58 valence electrons. The molecule has 3 saturated carbocycles. The van der Waals surface area contributed by atoms with Crippen LogP contribution in [-0.4, -0.2) is 0 Å². The molecule has 3 aliphatic carbocycles. The first-order chi connectivity index (χ1) is 4.73. The summed E-state index contributed by atoms with van der Waals surface area (Å²) in [5, 5.41) is 0. The topological polar surface area (TPSA) is 0 Å². The van der Waals surface area contributed by atoms with Crippen LogP contribution in [-0.2, 0) is 0 Å². The third-order valence-corrected chi connectivity index (χ3v) is 3.82. The van der Waals surface area contributed by atoms with Crippen LogP contribution >= 0.6 is 0 Å². The molecule has 0 nitrogen and oxygen atoms in total. The van der Waals surface area contributed by atoms with E-state index in [0.717, 1.165) is 17.3 Å². The Labute approximate surface area is 64.0 Å². The molecule has 0 spiro atoms. The molecule has 0 heterocycles. The van der Waals surface area contributed by atoms with Gasteiger partial charge in [-0.3, -0.25) is 0 Å². The fourth-order valence-electron chi connectivity index (χ4n) is 3.05. The van der Waals surface area contributed by atoms with Crippen LogP contribution in [0, 0.1) is 17.3 Å². The van der Waals surface area contributed by atoms with Crippen molar-refractivity contribution in [2.45, 2.75) is 46.0 Å². The molecule has 0 N–H and O–H groups in total. The van der Waals surface area contributed by atoms with E-state index in [0.29, 0.717) is 0 Å². The van der Waals surface area contributed by atoms with E-state index in [1.807, 2.05) is 0 Å². The molecule has 0 aromatic rings. The monoisotopic (exact) mass is 138 g/mol. The Morgan fingerprint density at radius 2 is 2.10 bits per heavy atom. The van der Waals surface area contributed by atoms with Gasteiger partial charge in [0.25, 0.3) is 0 Å². The largest absolute Gasteiger partial charge is 0.0651 e. The lowest BCUT2D eigenvalue weighted by Crippen LogP contribution is -2.43. The van der Waals surface area contributed by atoms with Crippen molar-refractivity contribution in [3.8, 4) is 0 Å². The van der Waals surface area contributed by atoms with Gasteiger partial charge in [-0.15, -0.1) is 0 Å². The van der Waals surface area contributed by atoms with Gasteiger partial charge in [-0.1, -0.05) is 20.3 Å². The summed E-state index contributed by atoms with van der Waals surface area (Å²) in [6.45, 7) is 4.82. The Kier molecular flexibility index (Phi) is 1.33. The van der Waals surface area contributed by atoms with Crippen molar-refractivity contribution in [1.29, 1.82) is 0 Å². The minimum Gasteiger partial charge on any atom is -0.0651 e. The molecule has 1 atom stereocenters. The predicted molar refractivity (Wildman–Crippen MR) is 43.8 cm³/mol. The van der Waals surface area contributed by atoms with Gasteiger partial charge in [-0.05, 0) is 42.9 Å². The first kappa shape index (κ1) is 6.69. The first-order valence-corrected chi connectivity index (χ1v) is 4.73. The maximum atomic E-state index is 2.47. The molecule has 0 aromatic carbocycles. The van der Waals surface area contributed by atoms with E-state index in [2.05, 4.69) is 13.8 Å².